The summed E-state index contributed by atoms with van der Waals surface area (Å²) in [6, 6.07) is 8.89. The Morgan fingerprint density at radius 1 is 1.29 bits per heavy atom. The van der Waals surface area contributed by atoms with Crippen LogP contribution in [-0.2, 0) is 6.42 Å². The molecule has 0 aliphatic carbocycles. The van der Waals surface area contributed by atoms with Crippen molar-refractivity contribution in [1.82, 2.24) is 9.78 Å². The predicted molar refractivity (Wildman–Crippen MR) is 70.8 cm³/mol. The topological polar surface area (TPSA) is 43.8 Å². The van der Waals surface area contributed by atoms with Crippen LogP contribution >= 0.6 is 0 Å². The minimum absolute atomic E-state index is 0.399. The fourth-order valence-electron chi connectivity index (χ4n) is 1.84. The van der Waals surface area contributed by atoms with Gasteiger partial charge in [0.25, 0.3) is 0 Å². The van der Waals surface area contributed by atoms with Gasteiger partial charge in [-0.2, -0.15) is 5.10 Å². The number of aromatic nitrogens is 2. The average Bonchev–Trinajstić information content (AvgIpc) is 2.79. The molecule has 0 fully saturated rings. The van der Waals surface area contributed by atoms with E-state index in [4.69, 9.17) is 5.73 Å². The first-order chi connectivity index (χ1) is 8.20. The Morgan fingerprint density at radius 3 is 2.76 bits per heavy atom. The number of hydrogen-bond donors (Lipinski definition) is 1. The molecule has 3 heteroatoms. The number of nitrogens with two attached hydrogens (primary N) is 1. The van der Waals surface area contributed by atoms with Crippen molar-refractivity contribution in [2.75, 3.05) is 6.54 Å². The molecule has 2 rings (SSSR count). The minimum Gasteiger partial charge on any atom is -0.330 e. The molecule has 1 aromatic heterocycles. The number of hydrogen-bond acceptors (Lipinski definition) is 2. The lowest BCUT2D eigenvalue weighted by Gasteiger charge is -2.04. The molecule has 0 aliphatic heterocycles. The van der Waals surface area contributed by atoms with E-state index in [0.29, 0.717) is 12.6 Å². The molecule has 0 radical (unpaired) electrons. The molecule has 0 unspecified atom stereocenters. The Bertz CT molecular complexity index is 486. The Morgan fingerprint density at radius 2 is 2.12 bits per heavy atom. The van der Waals surface area contributed by atoms with Crippen LogP contribution in [0.2, 0.25) is 0 Å². The molecule has 0 saturated heterocycles. The van der Waals surface area contributed by atoms with Gasteiger partial charge in [-0.15, -0.1) is 0 Å². The molecule has 90 valence electrons. The summed E-state index contributed by atoms with van der Waals surface area (Å²) in [5.74, 6) is 0. The smallest absolute Gasteiger partial charge is 0.0568 e. The minimum atomic E-state index is 0.399. The van der Waals surface area contributed by atoms with Crippen LogP contribution in [0.25, 0.3) is 11.1 Å². The van der Waals surface area contributed by atoms with E-state index in [2.05, 4.69) is 49.4 Å². The van der Waals surface area contributed by atoms with Crippen molar-refractivity contribution in [1.29, 1.82) is 0 Å². The third-order valence-corrected chi connectivity index (χ3v) is 2.82. The summed E-state index contributed by atoms with van der Waals surface area (Å²) < 4.78 is 1.98. The van der Waals surface area contributed by atoms with Crippen LogP contribution in [0.3, 0.4) is 0 Å². The maximum absolute atomic E-state index is 5.58. The van der Waals surface area contributed by atoms with Gasteiger partial charge in [0.1, 0.15) is 0 Å². The van der Waals surface area contributed by atoms with Crippen LogP contribution in [-0.4, -0.2) is 16.3 Å². The van der Waals surface area contributed by atoms with Crippen LogP contribution in [0.4, 0.5) is 0 Å². The quantitative estimate of drug-likeness (QED) is 0.875. The first kappa shape index (κ1) is 11.9. The monoisotopic (exact) mass is 229 g/mol. The standard InChI is InChI=1S/C14H19N3/c1-11(2)17-10-14(9-16-17)13-5-3-4-12(8-13)6-7-15/h3-5,8-11H,6-7,15H2,1-2H3. The molecule has 2 N–H and O–H groups in total. The summed E-state index contributed by atoms with van der Waals surface area (Å²) >= 11 is 0. The van der Waals surface area contributed by atoms with Crippen molar-refractivity contribution in [3.63, 3.8) is 0 Å². The van der Waals surface area contributed by atoms with E-state index in [0.717, 1.165) is 12.0 Å². The maximum atomic E-state index is 5.58. The van der Waals surface area contributed by atoms with Crippen LogP contribution < -0.4 is 5.73 Å². The van der Waals surface area contributed by atoms with Crippen molar-refractivity contribution in [2.24, 2.45) is 5.73 Å². The van der Waals surface area contributed by atoms with Gasteiger partial charge in [0.2, 0.25) is 0 Å². The van der Waals surface area contributed by atoms with Crippen LogP contribution in [0.15, 0.2) is 36.7 Å². The largest absolute Gasteiger partial charge is 0.330 e. The van der Waals surface area contributed by atoms with E-state index in [9.17, 15) is 0 Å². The second-order valence-electron chi connectivity index (χ2n) is 4.54. The predicted octanol–water partition coefficient (Wildman–Crippen LogP) is 2.63. The van der Waals surface area contributed by atoms with E-state index in [1.807, 2.05) is 10.9 Å². The summed E-state index contributed by atoms with van der Waals surface area (Å²) in [7, 11) is 0. The summed E-state index contributed by atoms with van der Waals surface area (Å²) in [5.41, 5.74) is 9.23. The lowest BCUT2D eigenvalue weighted by Crippen LogP contribution is -2.02. The van der Waals surface area contributed by atoms with Crippen molar-refractivity contribution in [3.8, 4) is 11.1 Å². The summed E-state index contributed by atoms with van der Waals surface area (Å²) in [5, 5.41) is 4.36. The molecule has 17 heavy (non-hydrogen) atoms. The van der Waals surface area contributed by atoms with E-state index in [-0.39, 0.29) is 0 Å². The fraction of sp³-hybridized carbons (Fsp3) is 0.357. The summed E-state index contributed by atoms with van der Waals surface area (Å²) in [6.45, 7) is 4.94. The first-order valence-corrected chi connectivity index (χ1v) is 6.04. The zero-order valence-corrected chi connectivity index (χ0v) is 10.4. The number of nitrogens with zero attached hydrogens (tertiary/aromatic N) is 2. The molecular weight excluding hydrogens is 210 g/mol. The molecule has 0 spiro atoms. The number of rotatable bonds is 4. The molecule has 0 bridgehead atoms. The molecule has 0 amide bonds. The zero-order valence-electron chi connectivity index (χ0n) is 10.4. The number of benzene rings is 1. The molecule has 0 atom stereocenters. The highest BCUT2D eigenvalue weighted by molar-refractivity contribution is 5.62. The van der Waals surface area contributed by atoms with Gasteiger partial charge >= 0.3 is 0 Å². The summed E-state index contributed by atoms with van der Waals surface area (Å²) in [4.78, 5) is 0. The molecular formula is C14H19N3. The van der Waals surface area contributed by atoms with E-state index in [1.54, 1.807) is 0 Å². The highest BCUT2D eigenvalue weighted by atomic mass is 15.3. The Balaban J connectivity index is 2.28. The normalized spacial score (nSPS) is 11.1. The lowest BCUT2D eigenvalue weighted by atomic mass is 10.0. The van der Waals surface area contributed by atoms with Crippen molar-refractivity contribution >= 4 is 0 Å². The maximum Gasteiger partial charge on any atom is 0.0568 e. The molecule has 1 aromatic carbocycles. The molecule has 3 nitrogen and oxygen atoms in total. The molecule has 0 saturated carbocycles. The average molecular weight is 229 g/mol. The Hall–Kier alpha value is -1.61. The SMILES string of the molecule is CC(C)n1cc(-c2cccc(CCN)c2)cn1. The third-order valence-electron chi connectivity index (χ3n) is 2.82. The lowest BCUT2D eigenvalue weighted by molar-refractivity contribution is 0.532. The third kappa shape index (κ3) is 2.74. The van der Waals surface area contributed by atoms with E-state index < -0.39 is 0 Å². The summed E-state index contributed by atoms with van der Waals surface area (Å²) in [6.07, 6.45) is 4.93. The van der Waals surface area contributed by atoms with Gasteiger partial charge in [0.05, 0.1) is 6.20 Å². The second-order valence-corrected chi connectivity index (χ2v) is 4.54. The van der Waals surface area contributed by atoms with E-state index >= 15 is 0 Å². The van der Waals surface area contributed by atoms with Gasteiger partial charge in [-0.25, -0.2) is 0 Å². The van der Waals surface area contributed by atoms with Crippen molar-refractivity contribution < 1.29 is 0 Å². The van der Waals surface area contributed by atoms with Gasteiger partial charge < -0.3 is 5.73 Å². The second kappa shape index (κ2) is 5.15. The highest BCUT2D eigenvalue weighted by Gasteiger charge is 2.04. The van der Waals surface area contributed by atoms with Crippen LogP contribution in [0.1, 0.15) is 25.5 Å². The van der Waals surface area contributed by atoms with Gasteiger partial charge in [-0.3, -0.25) is 4.68 Å². The zero-order chi connectivity index (χ0) is 12.3. The molecule has 1 heterocycles. The van der Waals surface area contributed by atoms with Gasteiger partial charge in [-0.1, -0.05) is 24.3 Å². The Kier molecular flexibility index (Phi) is 3.59. The highest BCUT2D eigenvalue weighted by Crippen LogP contribution is 2.21. The van der Waals surface area contributed by atoms with Crippen LogP contribution in [0.5, 0.6) is 0 Å². The first-order valence-electron chi connectivity index (χ1n) is 6.04. The van der Waals surface area contributed by atoms with Gasteiger partial charge in [-0.05, 0) is 37.9 Å². The van der Waals surface area contributed by atoms with Gasteiger partial charge in [0, 0.05) is 17.8 Å². The fourth-order valence-corrected chi connectivity index (χ4v) is 1.84. The van der Waals surface area contributed by atoms with Crippen molar-refractivity contribution in [2.45, 2.75) is 26.3 Å². The van der Waals surface area contributed by atoms with Gasteiger partial charge in [0.15, 0.2) is 0 Å². The molecule has 0 aliphatic rings. The Labute approximate surface area is 102 Å². The van der Waals surface area contributed by atoms with E-state index in [1.165, 1.54) is 11.1 Å². The van der Waals surface area contributed by atoms with Crippen LogP contribution in [0, 0.1) is 0 Å². The molecule has 2 aromatic rings. The van der Waals surface area contributed by atoms with Crippen molar-refractivity contribution in [3.05, 3.63) is 42.2 Å².